The lowest BCUT2D eigenvalue weighted by Gasteiger charge is -2.17. The number of primary amides is 1. The molecule has 0 unspecified atom stereocenters. The molecule has 1 rings (SSSR count). The SMILES string of the molecule is CC(C)[C@]1(C(N)=O)CC1(Cl)Cl. The van der Waals surface area contributed by atoms with Crippen LogP contribution in [0.15, 0.2) is 0 Å². The lowest BCUT2D eigenvalue weighted by molar-refractivity contribution is -0.124. The maximum absolute atomic E-state index is 11.0. The Kier molecular flexibility index (Phi) is 1.88. The predicted octanol–water partition coefficient (Wildman–Crippen LogP) is 1.69. The van der Waals surface area contributed by atoms with Crippen LogP contribution in [0.25, 0.3) is 0 Å². The number of rotatable bonds is 2. The van der Waals surface area contributed by atoms with E-state index < -0.39 is 15.7 Å². The van der Waals surface area contributed by atoms with Crippen LogP contribution < -0.4 is 5.73 Å². The minimum absolute atomic E-state index is 0.106. The van der Waals surface area contributed by atoms with E-state index in [1.807, 2.05) is 13.8 Å². The van der Waals surface area contributed by atoms with Crippen LogP contribution in [0.3, 0.4) is 0 Å². The van der Waals surface area contributed by atoms with E-state index in [4.69, 9.17) is 28.9 Å². The number of nitrogens with two attached hydrogens (primary N) is 1. The van der Waals surface area contributed by atoms with Crippen molar-refractivity contribution in [2.24, 2.45) is 17.1 Å². The first-order valence-electron chi connectivity index (χ1n) is 3.52. The van der Waals surface area contributed by atoms with Gasteiger partial charge in [0.2, 0.25) is 5.91 Å². The molecule has 11 heavy (non-hydrogen) atoms. The third kappa shape index (κ3) is 1.04. The highest BCUT2D eigenvalue weighted by molar-refractivity contribution is 6.53. The van der Waals surface area contributed by atoms with Crippen molar-refractivity contribution in [2.75, 3.05) is 0 Å². The molecule has 0 aromatic heterocycles. The highest BCUT2D eigenvalue weighted by Crippen LogP contribution is 2.67. The van der Waals surface area contributed by atoms with Crippen molar-refractivity contribution in [3.8, 4) is 0 Å². The van der Waals surface area contributed by atoms with Crippen molar-refractivity contribution >= 4 is 29.1 Å². The fourth-order valence-electron chi connectivity index (χ4n) is 1.48. The van der Waals surface area contributed by atoms with E-state index in [-0.39, 0.29) is 5.92 Å². The molecule has 0 aromatic carbocycles. The summed E-state index contributed by atoms with van der Waals surface area (Å²) >= 11 is 11.6. The summed E-state index contributed by atoms with van der Waals surface area (Å²) in [6.45, 7) is 3.80. The molecule has 1 saturated carbocycles. The van der Waals surface area contributed by atoms with Gasteiger partial charge in [-0.3, -0.25) is 4.79 Å². The molecule has 0 saturated heterocycles. The summed E-state index contributed by atoms with van der Waals surface area (Å²) in [5.74, 6) is -0.285. The molecule has 0 aliphatic heterocycles. The van der Waals surface area contributed by atoms with Crippen LogP contribution in [-0.4, -0.2) is 10.2 Å². The van der Waals surface area contributed by atoms with Gasteiger partial charge in [0, 0.05) is 0 Å². The molecule has 1 fully saturated rings. The Morgan fingerprint density at radius 2 is 1.91 bits per heavy atom. The zero-order valence-electron chi connectivity index (χ0n) is 6.53. The second kappa shape index (κ2) is 2.27. The van der Waals surface area contributed by atoms with Gasteiger partial charge in [-0.05, 0) is 12.3 Å². The number of hydrogen-bond donors (Lipinski definition) is 1. The van der Waals surface area contributed by atoms with E-state index in [1.165, 1.54) is 0 Å². The number of hydrogen-bond acceptors (Lipinski definition) is 1. The van der Waals surface area contributed by atoms with Gasteiger partial charge < -0.3 is 5.73 Å². The van der Waals surface area contributed by atoms with Crippen molar-refractivity contribution in [3.63, 3.8) is 0 Å². The van der Waals surface area contributed by atoms with Crippen LogP contribution in [0, 0.1) is 11.3 Å². The summed E-state index contributed by atoms with van der Waals surface area (Å²) in [5.41, 5.74) is 4.52. The second-order valence-electron chi connectivity index (χ2n) is 3.37. The van der Waals surface area contributed by atoms with E-state index in [2.05, 4.69) is 0 Å². The summed E-state index contributed by atoms with van der Waals surface area (Å²) in [6, 6.07) is 0. The van der Waals surface area contributed by atoms with Crippen molar-refractivity contribution in [1.82, 2.24) is 0 Å². The topological polar surface area (TPSA) is 43.1 Å². The molecule has 2 nitrogen and oxygen atoms in total. The molecule has 0 aromatic rings. The van der Waals surface area contributed by atoms with Gasteiger partial charge >= 0.3 is 0 Å². The molecule has 64 valence electrons. The normalized spacial score (nSPS) is 33.9. The van der Waals surface area contributed by atoms with Crippen molar-refractivity contribution in [1.29, 1.82) is 0 Å². The Morgan fingerprint density at radius 3 is 1.91 bits per heavy atom. The first-order chi connectivity index (χ1) is 4.84. The summed E-state index contributed by atoms with van der Waals surface area (Å²) in [7, 11) is 0. The van der Waals surface area contributed by atoms with E-state index in [0.29, 0.717) is 6.42 Å². The van der Waals surface area contributed by atoms with Gasteiger partial charge in [0.1, 0.15) is 4.33 Å². The van der Waals surface area contributed by atoms with Crippen LogP contribution >= 0.6 is 23.2 Å². The molecule has 0 heterocycles. The van der Waals surface area contributed by atoms with Crippen LogP contribution in [0.1, 0.15) is 20.3 Å². The van der Waals surface area contributed by atoms with Gasteiger partial charge in [-0.1, -0.05) is 13.8 Å². The van der Waals surface area contributed by atoms with Crippen molar-refractivity contribution in [2.45, 2.75) is 24.6 Å². The van der Waals surface area contributed by atoms with E-state index in [9.17, 15) is 4.79 Å². The van der Waals surface area contributed by atoms with Crippen LogP contribution in [-0.2, 0) is 4.79 Å². The lowest BCUT2D eigenvalue weighted by Crippen LogP contribution is -2.33. The fraction of sp³-hybridized carbons (Fsp3) is 0.857. The minimum Gasteiger partial charge on any atom is -0.369 e. The van der Waals surface area contributed by atoms with Gasteiger partial charge in [-0.25, -0.2) is 0 Å². The first kappa shape index (κ1) is 9.14. The largest absolute Gasteiger partial charge is 0.369 e. The molecule has 1 aliphatic rings. The number of alkyl halides is 2. The Labute approximate surface area is 76.0 Å². The third-order valence-corrected chi connectivity index (χ3v) is 3.40. The quantitative estimate of drug-likeness (QED) is 0.671. The Hall–Kier alpha value is 0.0500. The molecule has 4 heteroatoms. The molecule has 1 atom stereocenters. The average molecular weight is 196 g/mol. The van der Waals surface area contributed by atoms with E-state index in [0.717, 1.165) is 0 Å². The Balaban J connectivity index is 2.88. The molecule has 0 spiro atoms. The van der Waals surface area contributed by atoms with Crippen molar-refractivity contribution in [3.05, 3.63) is 0 Å². The van der Waals surface area contributed by atoms with Gasteiger partial charge in [0.05, 0.1) is 5.41 Å². The summed E-state index contributed by atoms with van der Waals surface area (Å²) < 4.78 is -0.924. The van der Waals surface area contributed by atoms with E-state index in [1.54, 1.807) is 0 Å². The summed E-state index contributed by atoms with van der Waals surface area (Å²) in [4.78, 5) is 11.0. The molecule has 1 aliphatic carbocycles. The van der Waals surface area contributed by atoms with E-state index >= 15 is 0 Å². The Morgan fingerprint density at radius 1 is 1.55 bits per heavy atom. The Bertz CT molecular complexity index is 203. The third-order valence-electron chi connectivity index (χ3n) is 2.45. The van der Waals surface area contributed by atoms with Gasteiger partial charge in [-0.2, -0.15) is 0 Å². The van der Waals surface area contributed by atoms with Crippen LogP contribution in [0.2, 0.25) is 0 Å². The maximum Gasteiger partial charge on any atom is 0.227 e. The minimum atomic E-state index is -0.924. The second-order valence-corrected chi connectivity index (χ2v) is 4.86. The zero-order valence-corrected chi connectivity index (χ0v) is 8.04. The molecule has 0 bridgehead atoms. The van der Waals surface area contributed by atoms with Gasteiger partial charge in [0.15, 0.2) is 0 Å². The number of amides is 1. The maximum atomic E-state index is 11.0. The fourth-order valence-corrected chi connectivity index (χ4v) is 2.53. The summed E-state index contributed by atoms with van der Waals surface area (Å²) in [5, 5.41) is 0. The number of carbonyl (C=O) groups is 1. The first-order valence-corrected chi connectivity index (χ1v) is 4.28. The highest BCUT2D eigenvalue weighted by Gasteiger charge is 2.71. The number of carbonyl (C=O) groups excluding carboxylic acids is 1. The predicted molar refractivity (Wildman–Crippen MR) is 45.5 cm³/mol. The van der Waals surface area contributed by atoms with Gasteiger partial charge in [0.25, 0.3) is 0 Å². The molecule has 1 amide bonds. The van der Waals surface area contributed by atoms with Crippen molar-refractivity contribution < 1.29 is 4.79 Å². The molecular formula is C7H11Cl2NO. The lowest BCUT2D eigenvalue weighted by atomic mass is 9.92. The smallest absolute Gasteiger partial charge is 0.227 e. The van der Waals surface area contributed by atoms with Crippen LogP contribution in [0.4, 0.5) is 0 Å². The highest BCUT2D eigenvalue weighted by atomic mass is 35.5. The zero-order chi connectivity index (χ0) is 8.86. The average Bonchev–Trinajstić information content (AvgIpc) is 2.35. The number of halogens is 2. The molecular weight excluding hydrogens is 185 g/mol. The monoisotopic (exact) mass is 195 g/mol. The van der Waals surface area contributed by atoms with Gasteiger partial charge in [-0.15, -0.1) is 23.2 Å². The molecule has 0 radical (unpaired) electrons. The standard InChI is InChI=1S/C7H11Cl2NO/c1-4(2)6(5(10)11)3-7(6,8)9/h4H,3H2,1-2H3,(H2,10,11)/t6-/m0/s1. The van der Waals surface area contributed by atoms with Crippen LogP contribution in [0.5, 0.6) is 0 Å². The molecule has 2 N–H and O–H groups in total. The summed E-state index contributed by atoms with van der Waals surface area (Å²) in [6.07, 6.45) is 0.482.